The summed E-state index contributed by atoms with van der Waals surface area (Å²) in [5.41, 5.74) is 0.490. The lowest BCUT2D eigenvalue weighted by atomic mass is 9.53. The molecule has 4 heteroatoms. The number of rotatable bonds is 2. The second-order valence-corrected chi connectivity index (χ2v) is 9.97. The highest BCUT2D eigenvalue weighted by molar-refractivity contribution is 5.75. The van der Waals surface area contributed by atoms with Crippen LogP contribution in [0.15, 0.2) is 0 Å². The number of carbonyl (C=O) groups excluding carboxylic acids is 1. The fraction of sp³-hybridized carbons (Fsp3) is 0.952. The fourth-order valence-electron chi connectivity index (χ4n) is 6.93. The Morgan fingerprint density at radius 3 is 2.60 bits per heavy atom. The molecule has 3 saturated heterocycles. The molecule has 5 aliphatic rings. The highest BCUT2D eigenvalue weighted by atomic mass is 16.6. The van der Waals surface area contributed by atoms with Crippen LogP contribution in [0.3, 0.4) is 0 Å². The van der Waals surface area contributed by atoms with E-state index in [1.807, 2.05) is 0 Å². The molecular formula is C21H34NO3+. The van der Waals surface area contributed by atoms with E-state index in [0.717, 1.165) is 26.0 Å². The van der Waals surface area contributed by atoms with E-state index in [2.05, 4.69) is 6.92 Å². The molecule has 0 radical (unpaired) electrons. The highest BCUT2D eigenvalue weighted by Crippen LogP contribution is 2.62. The average molecular weight is 349 g/mol. The lowest BCUT2D eigenvalue weighted by molar-refractivity contribution is -0.902. The summed E-state index contributed by atoms with van der Waals surface area (Å²) in [5.74, 6) is 1.34. The molecule has 4 nitrogen and oxygen atoms in total. The van der Waals surface area contributed by atoms with Crippen molar-refractivity contribution >= 4 is 5.97 Å². The molecule has 5 rings (SSSR count). The van der Waals surface area contributed by atoms with Crippen LogP contribution in [0.1, 0.15) is 64.7 Å². The summed E-state index contributed by atoms with van der Waals surface area (Å²) in [7, 11) is 0. The molecule has 0 aromatic rings. The molecule has 6 atom stereocenters. The number of ether oxygens (including phenoxy) is 2. The monoisotopic (exact) mass is 348 g/mol. The Balaban J connectivity index is 1.34. The van der Waals surface area contributed by atoms with Gasteiger partial charge in [0.1, 0.15) is 12.0 Å². The SMILES string of the molecule is C[C@]12CCC[C@]3(CO3)[C@@H]1C[C@H]1[C@@H](C2)OC(=O)[C@@H]1C[NH+]1CCCCCC1. The normalized spacial score (nSPS) is 50.0. The fourth-order valence-corrected chi connectivity index (χ4v) is 6.93. The molecule has 1 spiro atoms. The molecule has 0 unspecified atom stereocenters. The summed E-state index contributed by atoms with van der Waals surface area (Å²) >= 11 is 0. The summed E-state index contributed by atoms with van der Waals surface area (Å²) in [6.45, 7) is 6.90. The summed E-state index contributed by atoms with van der Waals surface area (Å²) in [6, 6.07) is 0. The predicted octanol–water partition coefficient (Wildman–Crippen LogP) is 1.97. The van der Waals surface area contributed by atoms with Crippen molar-refractivity contribution in [2.75, 3.05) is 26.2 Å². The Labute approximate surface area is 151 Å². The van der Waals surface area contributed by atoms with Gasteiger partial charge in [0.2, 0.25) is 0 Å². The molecule has 2 aliphatic carbocycles. The van der Waals surface area contributed by atoms with E-state index in [0.29, 0.717) is 17.3 Å². The van der Waals surface area contributed by atoms with Crippen LogP contribution in [-0.4, -0.2) is 43.9 Å². The van der Waals surface area contributed by atoms with Crippen LogP contribution >= 0.6 is 0 Å². The van der Waals surface area contributed by atoms with E-state index in [9.17, 15) is 4.79 Å². The van der Waals surface area contributed by atoms with Crippen molar-refractivity contribution in [3.8, 4) is 0 Å². The minimum absolute atomic E-state index is 0.111. The van der Waals surface area contributed by atoms with E-state index in [-0.39, 0.29) is 23.6 Å². The second kappa shape index (κ2) is 5.95. The smallest absolute Gasteiger partial charge is 0.315 e. The molecule has 0 amide bonds. The molecule has 0 aromatic carbocycles. The first-order valence-electron chi connectivity index (χ1n) is 10.8. The van der Waals surface area contributed by atoms with Gasteiger partial charge in [-0.2, -0.15) is 0 Å². The first kappa shape index (κ1) is 16.6. The van der Waals surface area contributed by atoms with Gasteiger partial charge >= 0.3 is 5.97 Å². The summed E-state index contributed by atoms with van der Waals surface area (Å²) in [4.78, 5) is 14.4. The van der Waals surface area contributed by atoms with E-state index >= 15 is 0 Å². The topological polar surface area (TPSA) is 43.3 Å². The number of likely N-dealkylation sites (tertiary alicyclic amines) is 1. The third-order valence-electron chi connectivity index (χ3n) is 8.40. The highest BCUT2D eigenvalue weighted by Gasteiger charge is 2.65. The maximum atomic E-state index is 12.7. The molecule has 1 N–H and O–H groups in total. The number of fused-ring (bicyclic) bond motifs is 3. The summed E-state index contributed by atoms with van der Waals surface area (Å²) < 4.78 is 12.0. The van der Waals surface area contributed by atoms with Gasteiger partial charge in [0.05, 0.1) is 31.8 Å². The number of hydrogen-bond acceptors (Lipinski definition) is 3. The second-order valence-electron chi connectivity index (χ2n) is 9.97. The number of quaternary nitrogens is 1. The minimum atomic E-state index is 0.111. The number of nitrogens with one attached hydrogen (secondary N) is 1. The standard InChI is InChI=1S/C21H33NO3/c1-20-7-6-8-21(14-24-21)18(20)11-15-16(19(23)25-17(15)12-20)13-22-9-4-2-3-5-10-22/h15-18H,2-14H2,1H3/p+1/t15-,16-,17-,18-,20-,21+/m1/s1. The largest absolute Gasteiger partial charge is 0.462 e. The molecule has 0 aromatic heterocycles. The van der Waals surface area contributed by atoms with Crippen LogP contribution in [0.25, 0.3) is 0 Å². The van der Waals surface area contributed by atoms with E-state index in [1.165, 1.54) is 58.0 Å². The van der Waals surface area contributed by atoms with Crippen LogP contribution in [0, 0.1) is 23.2 Å². The predicted molar refractivity (Wildman–Crippen MR) is 94.3 cm³/mol. The Bertz CT molecular complexity index is 537. The van der Waals surface area contributed by atoms with Gasteiger partial charge in [-0.3, -0.25) is 4.79 Å². The van der Waals surface area contributed by atoms with Gasteiger partial charge in [0.25, 0.3) is 0 Å². The first-order chi connectivity index (χ1) is 12.1. The molecule has 0 bridgehead atoms. The Morgan fingerprint density at radius 1 is 1.12 bits per heavy atom. The van der Waals surface area contributed by atoms with Gasteiger partial charge in [0, 0.05) is 5.92 Å². The van der Waals surface area contributed by atoms with Gasteiger partial charge in [-0.1, -0.05) is 6.92 Å². The molecule has 140 valence electrons. The summed E-state index contributed by atoms with van der Waals surface area (Å²) in [5, 5.41) is 0. The lowest BCUT2D eigenvalue weighted by Gasteiger charge is -2.51. The minimum Gasteiger partial charge on any atom is -0.462 e. The molecule has 3 heterocycles. The zero-order valence-corrected chi connectivity index (χ0v) is 15.7. The van der Waals surface area contributed by atoms with E-state index < -0.39 is 0 Å². The quantitative estimate of drug-likeness (QED) is 0.613. The van der Waals surface area contributed by atoms with Crippen LogP contribution in [0.5, 0.6) is 0 Å². The van der Waals surface area contributed by atoms with Crippen LogP contribution in [0.2, 0.25) is 0 Å². The maximum absolute atomic E-state index is 12.7. The third kappa shape index (κ3) is 2.75. The third-order valence-corrected chi connectivity index (χ3v) is 8.40. The lowest BCUT2D eigenvalue weighted by Crippen LogP contribution is -3.12. The van der Waals surface area contributed by atoms with Crippen molar-refractivity contribution in [1.29, 1.82) is 0 Å². The van der Waals surface area contributed by atoms with Crippen molar-refractivity contribution in [3.63, 3.8) is 0 Å². The van der Waals surface area contributed by atoms with E-state index in [1.54, 1.807) is 4.90 Å². The van der Waals surface area contributed by atoms with Crippen LogP contribution < -0.4 is 4.90 Å². The van der Waals surface area contributed by atoms with Crippen molar-refractivity contribution in [2.45, 2.75) is 76.4 Å². The number of hydrogen-bond donors (Lipinski definition) is 1. The zero-order chi connectivity index (χ0) is 17.1. The number of epoxide rings is 1. The number of carbonyl (C=O) groups is 1. The van der Waals surface area contributed by atoms with Crippen LogP contribution in [0.4, 0.5) is 0 Å². The zero-order valence-electron chi connectivity index (χ0n) is 15.7. The average Bonchev–Trinajstić information content (AvgIpc) is 3.32. The molecular weight excluding hydrogens is 314 g/mol. The van der Waals surface area contributed by atoms with Gasteiger partial charge in [-0.05, 0) is 69.1 Å². The van der Waals surface area contributed by atoms with Crippen molar-refractivity contribution in [3.05, 3.63) is 0 Å². The van der Waals surface area contributed by atoms with Crippen molar-refractivity contribution in [2.24, 2.45) is 23.2 Å². The molecule has 25 heavy (non-hydrogen) atoms. The number of esters is 1. The molecule has 5 fully saturated rings. The maximum Gasteiger partial charge on any atom is 0.315 e. The van der Waals surface area contributed by atoms with Gasteiger partial charge in [-0.25, -0.2) is 0 Å². The molecule has 2 saturated carbocycles. The Kier molecular flexibility index (Phi) is 3.94. The van der Waals surface area contributed by atoms with E-state index in [4.69, 9.17) is 9.47 Å². The van der Waals surface area contributed by atoms with Crippen molar-refractivity contribution in [1.82, 2.24) is 0 Å². The molecule has 3 aliphatic heterocycles. The van der Waals surface area contributed by atoms with Gasteiger partial charge in [-0.15, -0.1) is 0 Å². The Morgan fingerprint density at radius 2 is 1.88 bits per heavy atom. The van der Waals surface area contributed by atoms with Crippen LogP contribution in [-0.2, 0) is 14.3 Å². The first-order valence-corrected chi connectivity index (χ1v) is 10.8. The van der Waals surface area contributed by atoms with Crippen molar-refractivity contribution < 1.29 is 19.2 Å². The van der Waals surface area contributed by atoms with Gasteiger partial charge < -0.3 is 14.4 Å². The Hall–Kier alpha value is -0.610. The summed E-state index contributed by atoms with van der Waals surface area (Å²) in [6.07, 6.45) is 11.6. The van der Waals surface area contributed by atoms with Gasteiger partial charge in [0.15, 0.2) is 0 Å².